The van der Waals surface area contributed by atoms with E-state index in [1.165, 1.54) is 16.8 Å². The SMILES string of the molecule is Cc1nnnn1-c1ccc(F)c(NC(=O)CC(c2ccccc2)c2ccccc2)c1. The minimum atomic E-state index is -0.520. The number of aryl methyl sites for hydroxylation is 1. The van der Waals surface area contributed by atoms with Crippen molar-refractivity contribution in [2.24, 2.45) is 0 Å². The first-order chi connectivity index (χ1) is 14.6. The Kier molecular flexibility index (Phi) is 5.61. The number of nitrogens with one attached hydrogen (secondary N) is 1. The van der Waals surface area contributed by atoms with Crippen molar-refractivity contribution in [3.8, 4) is 5.69 Å². The molecule has 0 radical (unpaired) electrons. The van der Waals surface area contributed by atoms with Crippen LogP contribution in [0.3, 0.4) is 0 Å². The Hall–Kier alpha value is -3.87. The van der Waals surface area contributed by atoms with E-state index in [0.717, 1.165) is 11.1 Å². The van der Waals surface area contributed by atoms with Crippen molar-refractivity contribution in [2.75, 3.05) is 5.32 Å². The monoisotopic (exact) mass is 401 g/mol. The fourth-order valence-electron chi connectivity index (χ4n) is 3.40. The van der Waals surface area contributed by atoms with Gasteiger partial charge in [0.2, 0.25) is 5.91 Å². The number of benzene rings is 3. The summed E-state index contributed by atoms with van der Waals surface area (Å²) in [6.07, 6.45) is 0.182. The Morgan fingerprint density at radius 2 is 1.63 bits per heavy atom. The van der Waals surface area contributed by atoms with E-state index in [9.17, 15) is 9.18 Å². The zero-order valence-electron chi connectivity index (χ0n) is 16.4. The molecule has 7 heteroatoms. The highest BCUT2D eigenvalue weighted by atomic mass is 19.1. The van der Waals surface area contributed by atoms with Gasteiger partial charge in [-0.2, -0.15) is 4.68 Å². The second kappa shape index (κ2) is 8.65. The number of anilines is 1. The lowest BCUT2D eigenvalue weighted by Crippen LogP contribution is -2.17. The van der Waals surface area contributed by atoms with E-state index in [1.54, 1.807) is 13.0 Å². The highest BCUT2D eigenvalue weighted by molar-refractivity contribution is 5.92. The summed E-state index contributed by atoms with van der Waals surface area (Å²) in [6, 6.07) is 24.0. The van der Waals surface area contributed by atoms with Crippen LogP contribution in [0.4, 0.5) is 10.1 Å². The van der Waals surface area contributed by atoms with E-state index >= 15 is 0 Å². The first-order valence-corrected chi connectivity index (χ1v) is 9.56. The van der Waals surface area contributed by atoms with Crippen LogP contribution in [0.25, 0.3) is 5.69 Å². The molecule has 1 N–H and O–H groups in total. The quantitative estimate of drug-likeness (QED) is 0.524. The van der Waals surface area contributed by atoms with Gasteiger partial charge in [-0.05, 0) is 46.7 Å². The zero-order valence-corrected chi connectivity index (χ0v) is 16.4. The van der Waals surface area contributed by atoms with Crippen LogP contribution in [0, 0.1) is 12.7 Å². The van der Waals surface area contributed by atoms with Crippen molar-refractivity contribution in [3.63, 3.8) is 0 Å². The molecule has 150 valence electrons. The van der Waals surface area contributed by atoms with Gasteiger partial charge in [-0.1, -0.05) is 60.7 Å². The molecule has 0 aliphatic carbocycles. The average Bonchev–Trinajstić information content (AvgIpc) is 3.21. The summed E-state index contributed by atoms with van der Waals surface area (Å²) in [4.78, 5) is 12.9. The predicted molar refractivity (Wildman–Crippen MR) is 112 cm³/mol. The van der Waals surface area contributed by atoms with Crippen molar-refractivity contribution in [2.45, 2.75) is 19.3 Å². The van der Waals surface area contributed by atoms with E-state index in [1.807, 2.05) is 60.7 Å². The molecule has 0 atom stereocenters. The zero-order chi connectivity index (χ0) is 20.9. The van der Waals surface area contributed by atoms with Crippen LogP contribution in [0.5, 0.6) is 0 Å². The van der Waals surface area contributed by atoms with Crippen LogP contribution in [0.2, 0.25) is 0 Å². The van der Waals surface area contributed by atoms with Crippen LogP contribution in [0.15, 0.2) is 78.9 Å². The van der Waals surface area contributed by atoms with Gasteiger partial charge in [0, 0.05) is 12.3 Å². The second-order valence-corrected chi connectivity index (χ2v) is 6.93. The number of halogens is 1. The maximum absolute atomic E-state index is 14.4. The smallest absolute Gasteiger partial charge is 0.225 e. The fraction of sp³-hybridized carbons (Fsp3) is 0.130. The third-order valence-corrected chi connectivity index (χ3v) is 4.89. The van der Waals surface area contributed by atoms with Gasteiger partial charge in [0.05, 0.1) is 11.4 Å². The number of carbonyl (C=O) groups is 1. The third-order valence-electron chi connectivity index (χ3n) is 4.89. The molecule has 0 saturated heterocycles. The minimum absolute atomic E-state index is 0.0901. The van der Waals surface area contributed by atoms with E-state index in [0.29, 0.717) is 11.5 Å². The molecule has 4 aromatic rings. The maximum atomic E-state index is 14.4. The lowest BCUT2D eigenvalue weighted by Gasteiger charge is -2.18. The van der Waals surface area contributed by atoms with Crippen LogP contribution in [-0.4, -0.2) is 26.1 Å². The molecular formula is C23H20FN5O. The molecule has 6 nitrogen and oxygen atoms in total. The fourth-order valence-corrected chi connectivity index (χ4v) is 3.40. The van der Waals surface area contributed by atoms with Gasteiger partial charge in [0.25, 0.3) is 0 Å². The summed E-state index contributed by atoms with van der Waals surface area (Å²) < 4.78 is 15.9. The van der Waals surface area contributed by atoms with Gasteiger partial charge >= 0.3 is 0 Å². The molecule has 4 rings (SSSR count). The van der Waals surface area contributed by atoms with E-state index in [4.69, 9.17) is 0 Å². The largest absolute Gasteiger partial charge is 0.324 e. The molecule has 0 aliphatic heterocycles. The number of amides is 1. The summed E-state index contributed by atoms with van der Waals surface area (Å²) >= 11 is 0. The molecule has 1 aromatic heterocycles. The lowest BCUT2D eigenvalue weighted by molar-refractivity contribution is -0.116. The maximum Gasteiger partial charge on any atom is 0.225 e. The molecule has 0 bridgehead atoms. The van der Waals surface area contributed by atoms with E-state index in [-0.39, 0.29) is 23.9 Å². The lowest BCUT2D eigenvalue weighted by atomic mass is 9.88. The molecule has 0 fully saturated rings. The number of nitrogens with zero attached hydrogens (tertiary/aromatic N) is 4. The summed E-state index contributed by atoms with van der Waals surface area (Å²) in [7, 11) is 0. The molecule has 1 amide bonds. The molecule has 30 heavy (non-hydrogen) atoms. The molecule has 0 spiro atoms. The Morgan fingerprint density at radius 3 is 2.20 bits per heavy atom. The first kappa shape index (κ1) is 19.4. The minimum Gasteiger partial charge on any atom is -0.324 e. The van der Waals surface area contributed by atoms with Crippen LogP contribution < -0.4 is 5.32 Å². The van der Waals surface area contributed by atoms with Gasteiger partial charge in [-0.25, -0.2) is 4.39 Å². The molecular weight excluding hydrogens is 381 g/mol. The van der Waals surface area contributed by atoms with Crippen molar-refractivity contribution in [1.82, 2.24) is 20.2 Å². The standard InChI is InChI=1S/C23H20FN5O/c1-16-26-27-28-29(16)19-12-13-21(24)22(14-19)25-23(30)15-20(17-8-4-2-5-9-17)18-10-6-3-7-11-18/h2-14,20H,15H2,1H3,(H,25,30). The molecule has 0 unspecified atom stereocenters. The molecule has 0 aliphatic rings. The van der Waals surface area contributed by atoms with Crippen molar-refractivity contribution in [1.29, 1.82) is 0 Å². The number of hydrogen-bond donors (Lipinski definition) is 1. The third kappa shape index (κ3) is 4.25. The van der Waals surface area contributed by atoms with E-state index < -0.39 is 5.82 Å². The van der Waals surface area contributed by atoms with Gasteiger partial charge in [0.15, 0.2) is 5.82 Å². The average molecular weight is 401 g/mol. The van der Waals surface area contributed by atoms with Gasteiger partial charge in [0.1, 0.15) is 5.82 Å². The highest BCUT2D eigenvalue weighted by Crippen LogP contribution is 2.29. The van der Waals surface area contributed by atoms with Crippen molar-refractivity contribution in [3.05, 3.63) is 102 Å². The molecule has 3 aromatic carbocycles. The second-order valence-electron chi connectivity index (χ2n) is 6.93. The topological polar surface area (TPSA) is 72.7 Å². The van der Waals surface area contributed by atoms with Gasteiger partial charge < -0.3 is 5.32 Å². The predicted octanol–water partition coefficient (Wildman–Crippen LogP) is 4.27. The number of tetrazole rings is 1. The first-order valence-electron chi connectivity index (χ1n) is 9.56. The van der Waals surface area contributed by atoms with Crippen LogP contribution in [-0.2, 0) is 4.79 Å². The van der Waals surface area contributed by atoms with Gasteiger partial charge in [-0.15, -0.1) is 5.10 Å². The summed E-state index contributed by atoms with van der Waals surface area (Å²) in [5.41, 5.74) is 2.71. The number of carbonyl (C=O) groups excluding carboxylic acids is 1. The summed E-state index contributed by atoms with van der Waals surface area (Å²) in [5.74, 6) is -0.376. The Labute approximate surface area is 173 Å². The Morgan fingerprint density at radius 1 is 1.00 bits per heavy atom. The highest BCUT2D eigenvalue weighted by Gasteiger charge is 2.19. The Balaban J connectivity index is 1.58. The number of hydrogen-bond acceptors (Lipinski definition) is 4. The van der Waals surface area contributed by atoms with Crippen LogP contribution >= 0.6 is 0 Å². The van der Waals surface area contributed by atoms with E-state index in [2.05, 4.69) is 20.8 Å². The normalized spacial score (nSPS) is 10.9. The van der Waals surface area contributed by atoms with Crippen molar-refractivity contribution >= 4 is 11.6 Å². The summed E-state index contributed by atoms with van der Waals surface area (Å²) in [6.45, 7) is 1.74. The molecule has 0 saturated carbocycles. The number of aromatic nitrogens is 4. The molecule has 1 heterocycles. The van der Waals surface area contributed by atoms with Gasteiger partial charge in [-0.3, -0.25) is 4.79 Å². The Bertz CT molecular complexity index is 1110. The van der Waals surface area contributed by atoms with Crippen molar-refractivity contribution < 1.29 is 9.18 Å². The summed E-state index contributed by atoms with van der Waals surface area (Å²) in [5, 5.41) is 14.0. The van der Waals surface area contributed by atoms with Crippen LogP contribution in [0.1, 0.15) is 29.3 Å². The number of rotatable bonds is 6.